The number of nitrogens with zero attached hydrogens (tertiary/aromatic N) is 2. The molecule has 0 N–H and O–H groups in total. The largest absolute Gasteiger partial charge is 0.254 e. The topological polar surface area (TPSA) is 25.8 Å². The van der Waals surface area contributed by atoms with Crippen molar-refractivity contribution in [2.24, 2.45) is 0 Å². The van der Waals surface area contributed by atoms with E-state index >= 15 is 0 Å². The smallest absolute Gasteiger partial charge is 0.0886 e. The SMILES string of the molecule is Cc1cc(C)c(C)cc1C.Cc1ccc(-c2ccc(C)cn2)nc1. The normalized spacial score (nSPS) is 10.1. The molecule has 0 bridgehead atoms. The van der Waals surface area contributed by atoms with Crippen LogP contribution in [-0.4, -0.2) is 9.97 Å². The van der Waals surface area contributed by atoms with Crippen molar-refractivity contribution in [3.8, 4) is 11.4 Å². The quantitative estimate of drug-likeness (QED) is 0.577. The van der Waals surface area contributed by atoms with Crippen molar-refractivity contribution in [2.45, 2.75) is 41.5 Å². The number of aromatic nitrogens is 2. The van der Waals surface area contributed by atoms with E-state index in [2.05, 4.69) is 49.8 Å². The fraction of sp³-hybridized carbons (Fsp3) is 0.273. The third-order valence-electron chi connectivity index (χ3n) is 4.20. The molecular weight excluding hydrogens is 292 g/mol. The molecule has 0 aliphatic carbocycles. The van der Waals surface area contributed by atoms with E-state index < -0.39 is 0 Å². The van der Waals surface area contributed by atoms with Crippen molar-refractivity contribution in [2.75, 3.05) is 0 Å². The third kappa shape index (κ3) is 4.76. The van der Waals surface area contributed by atoms with Crippen LogP contribution < -0.4 is 0 Å². The lowest BCUT2D eigenvalue weighted by Gasteiger charge is -2.04. The molecule has 0 saturated carbocycles. The number of aryl methyl sites for hydroxylation is 6. The van der Waals surface area contributed by atoms with Crippen LogP contribution in [-0.2, 0) is 0 Å². The van der Waals surface area contributed by atoms with Crippen LogP contribution in [0, 0.1) is 41.5 Å². The van der Waals surface area contributed by atoms with Crippen LogP contribution in [0.1, 0.15) is 33.4 Å². The Morgan fingerprint density at radius 3 is 1.08 bits per heavy atom. The van der Waals surface area contributed by atoms with Crippen LogP contribution in [0.25, 0.3) is 11.4 Å². The lowest BCUT2D eigenvalue weighted by atomic mass is 10.0. The molecule has 0 atom stereocenters. The summed E-state index contributed by atoms with van der Waals surface area (Å²) >= 11 is 0. The van der Waals surface area contributed by atoms with E-state index in [9.17, 15) is 0 Å². The molecule has 0 amide bonds. The highest BCUT2D eigenvalue weighted by molar-refractivity contribution is 5.53. The molecule has 2 aromatic heterocycles. The summed E-state index contributed by atoms with van der Waals surface area (Å²) in [6.07, 6.45) is 3.72. The zero-order chi connectivity index (χ0) is 17.7. The van der Waals surface area contributed by atoms with Crippen LogP contribution in [0.15, 0.2) is 48.8 Å². The Balaban J connectivity index is 0.000000185. The Morgan fingerprint density at radius 2 is 0.833 bits per heavy atom. The first-order valence-corrected chi connectivity index (χ1v) is 8.27. The van der Waals surface area contributed by atoms with Crippen LogP contribution in [0.4, 0.5) is 0 Å². The van der Waals surface area contributed by atoms with Crippen molar-refractivity contribution >= 4 is 0 Å². The second kappa shape index (κ2) is 7.87. The standard InChI is InChI=1S/C12H12N2.C10H14/c1-9-3-5-11(13-7-9)12-6-4-10(2)8-14-12;1-7-5-9(3)10(4)6-8(7)2/h3-8H,1-2H3;5-6H,1-4H3. The van der Waals surface area contributed by atoms with E-state index in [0.717, 1.165) is 11.4 Å². The maximum Gasteiger partial charge on any atom is 0.0886 e. The first kappa shape index (κ1) is 17.9. The lowest BCUT2D eigenvalue weighted by molar-refractivity contribution is 1.20. The van der Waals surface area contributed by atoms with Crippen LogP contribution in [0.3, 0.4) is 0 Å². The molecule has 0 radical (unpaired) electrons. The maximum absolute atomic E-state index is 4.32. The van der Waals surface area contributed by atoms with Crippen LogP contribution in [0.5, 0.6) is 0 Å². The number of hydrogen-bond acceptors (Lipinski definition) is 2. The highest BCUT2D eigenvalue weighted by Crippen LogP contribution is 2.14. The van der Waals surface area contributed by atoms with Crippen molar-refractivity contribution < 1.29 is 0 Å². The number of rotatable bonds is 1. The lowest BCUT2D eigenvalue weighted by Crippen LogP contribution is -1.87. The summed E-state index contributed by atoms with van der Waals surface area (Å²) in [5, 5.41) is 0. The van der Waals surface area contributed by atoms with E-state index in [1.54, 1.807) is 0 Å². The van der Waals surface area contributed by atoms with Gasteiger partial charge in [0.25, 0.3) is 0 Å². The molecule has 0 spiro atoms. The van der Waals surface area contributed by atoms with Gasteiger partial charge in [-0.3, -0.25) is 9.97 Å². The van der Waals surface area contributed by atoms with Gasteiger partial charge in [0.1, 0.15) is 0 Å². The molecule has 1 aromatic carbocycles. The molecule has 24 heavy (non-hydrogen) atoms. The average Bonchev–Trinajstić information content (AvgIpc) is 2.55. The van der Waals surface area contributed by atoms with Gasteiger partial charge in [0, 0.05) is 12.4 Å². The zero-order valence-electron chi connectivity index (χ0n) is 15.5. The van der Waals surface area contributed by atoms with E-state index in [4.69, 9.17) is 0 Å². The van der Waals surface area contributed by atoms with Gasteiger partial charge in [-0.15, -0.1) is 0 Å². The minimum atomic E-state index is 0.926. The van der Waals surface area contributed by atoms with E-state index in [-0.39, 0.29) is 0 Å². The summed E-state index contributed by atoms with van der Waals surface area (Å²) < 4.78 is 0. The first-order valence-electron chi connectivity index (χ1n) is 8.27. The maximum atomic E-state index is 4.32. The second-order valence-corrected chi connectivity index (χ2v) is 6.46. The first-order chi connectivity index (χ1) is 11.4. The summed E-state index contributed by atoms with van der Waals surface area (Å²) in [6, 6.07) is 12.6. The number of hydrogen-bond donors (Lipinski definition) is 0. The molecular formula is C22H26N2. The molecule has 2 nitrogen and oxygen atoms in total. The summed E-state index contributed by atoms with van der Waals surface area (Å²) in [4.78, 5) is 8.63. The Bertz CT molecular complexity index is 707. The second-order valence-electron chi connectivity index (χ2n) is 6.46. The Morgan fingerprint density at radius 1 is 0.500 bits per heavy atom. The molecule has 3 aromatic rings. The molecule has 0 unspecified atom stereocenters. The van der Waals surface area contributed by atoms with E-state index in [1.165, 1.54) is 33.4 Å². The molecule has 0 fully saturated rings. The summed E-state index contributed by atoms with van der Waals surface area (Å²) in [5.41, 5.74) is 9.75. The molecule has 2 heterocycles. The van der Waals surface area contributed by atoms with Crippen molar-refractivity contribution in [3.05, 3.63) is 82.2 Å². The predicted molar refractivity (Wildman–Crippen MR) is 102 cm³/mol. The van der Waals surface area contributed by atoms with Crippen molar-refractivity contribution in [3.63, 3.8) is 0 Å². The summed E-state index contributed by atoms with van der Waals surface area (Å²) in [7, 11) is 0. The Hall–Kier alpha value is -2.48. The average molecular weight is 318 g/mol. The fourth-order valence-corrected chi connectivity index (χ4v) is 2.34. The highest BCUT2D eigenvalue weighted by Gasteiger charge is 1.98. The van der Waals surface area contributed by atoms with Gasteiger partial charge in [-0.2, -0.15) is 0 Å². The van der Waals surface area contributed by atoms with Gasteiger partial charge >= 0.3 is 0 Å². The van der Waals surface area contributed by atoms with Gasteiger partial charge in [-0.1, -0.05) is 24.3 Å². The van der Waals surface area contributed by atoms with Crippen molar-refractivity contribution in [1.82, 2.24) is 9.97 Å². The van der Waals surface area contributed by atoms with Gasteiger partial charge < -0.3 is 0 Å². The third-order valence-corrected chi connectivity index (χ3v) is 4.20. The van der Waals surface area contributed by atoms with Gasteiger partial charge in [-0.05, 0) is 87.1 Å². The van der Waals surface area contributed by atoms with Crippen LogP contribution in [0.2, 0.25) is 0 Å². The van der Waals surface area contributed by atoms with Gasteiger partial charge in [0.15, 0.2) is 0 Å². The Kier molecular flexibility index (Phi) is 5.86. The number of benzene rings is 1. The highest BCUT2D eigenvalue weighted by atomic mass is 14.8. The molecule has 3 rings (SSSR count). The zero-order valence-corrected chi connectivity index (χ0v) is 15.5. The Labute approximate surface area is 145 Å². The predicted octanol–water partition coefficient (Wildman–Crippen LogP) is 5.68. The minimum absolute atomic E-state index is 0.926. The number of pyridine rings is 2. The summed E-state index contributed by atoms with van der Waals surface area (Å²) in [5.74, 6) is 0. The van der Waals surface area contributed by atoms with Crippen LogP contribution >= 0.6 is 0 Å². The molecule has 0 saturated heterocycles. The van der Waals surface area contributed by atoms with Gasteiger partial charge in [0.2, 0.25) is 0 Å². The molecule has 0 aliphatic rings. The fourth-order valence-electron chi connectivity index (χ4n) is 2.34. The van der Waals surface area contributed by atoms with E-state index in [1.807, 2.05) is 50.5 Å². The molecule has 124 valence electrons. The molecule has 2 heteroatoms. The van der Waals surface area contributed by atoms with Crippen molar-refractivity contribution in [1.29, 1.82) is 0 Å². The van der Waals surface area contributed by atoms with E-state index in [0.29, 0.717) is 0 Å². The minimum Gasteiger partial charge on any atom is -0.254 e. The summed E-state index contributed by atoms with van der Waals surface area (Å²) in [6.45, 7) is 12.7. The van der Waals surface area contributed by atoms with Gasteiger partial charge in [0.05, 0.1) is 11.4 Å². The monoisotopic (exact) mass is 318 g/mol. The molecule has 0 aliphatic heterocycles. The van der Waals surface area contributed by atoms with Gasteiger partial charge in [-0.25, -0.2) is 0 Å².